The average molecular weight is 1180 g/mol. The smallest absolute Gasteiger partial charge is 0.246 e. The number of amides is 5. The van der Waals surface area contributed by atoms with Gasteiger partial charge in [-0.1, -0.05) is 63.8 Å². The number of aryl methyl sites for hydroxylation is 1. The van der Waals surface area contributed by atoms with Gasteiger partial charge in [0.15, 0.2) is 0 Å². The minimum Gasteiger partial charge on any atom is -0.491 e. The monoisotopic (exact) mass is 1180 g/mol. The number of nitrogens with zero attached hydrogens (tertiary/aromatic N) is 8. The zero-order valence-corrected chi connectivity index (χ0v) is 50.5. The van der Waals surface area contributed by atoms with Gasteiger partial charge < -0.3 is 55.5 Å². The molecule has 1 saturated carbocycles. The first-order chi connectivity index (χ1) is 41.3. The van der Waals surface area contributed by atoms with Crippen molar-refractivity contribution in [1.29, 1.82) is 5.26 Å². The fraction of sp³-hybridized carbons (Fsp3) is 0.508. The number of hydrogen-bond donors (Lipinski definition) is 4. The van der Waals surface area contributed by atoms with Crippen LogP contribution < -0.4 is 31.3 Å². The minimum atomic E-state index is -0.909. The maximum atomic E-state index is 15.2. The zero-order valence-electron chi connectivity index (χ0n) is 50.5. The third-order valence-electron chi connectivity index (χ3n) is 17.0. The predicted molar refractivity (Wildman–Crippen MR) is 325 cm³/mol. The van der Waals surface area contributed by atoms with Crippen molar-refractivity contribution < 1.29 is 42.6 Å². The molecule has 2 fully saturated rings. The van der Waals surface area contributed by atoms with Gasteiger partial charge in [-0.05, 0) is 123 Å². The van der Waals surface area contributed by atoms with Crippen LogP contribution >= 0.6 is 0 Å². The third-order valence-corrected chi connectivity index (χ3v) is 17.0. The fourth-order valence-corrected chi connectivity index (χ4v) is 11.9. The molecule has 1 saturated heterocycles. The van der Waals surface area contributed by atoms with Gasteiger partial charge in [-0.15, -0.1) is 0 Å². The number of pyridine rings is 1. The number of ether oxygens (including phenoxy) is 3. The summed E-state index contributed by atoms with van der Waals surface area (Å²) in [5, 5.41) is 24.9. The summed E-state index contributed by atoms with van der Waals surface area (Å²) in [7, 11) is 3.37. The molecule has 9 rings (SSSR count). The first kappa shape index (κ1) is 62.6. The number of nitrogens with two attached hydrogens (primary N) is 1. The van der Waals surface area contributed by atoms with E-state index in [1.165, 1.54) is 23.8 Å². The van der Waals surface area contributed by atoms with Gasteiger partial charge in [-0.25, -0.2) is 9.37 Å². The van der Waals surface area contributed by atoms with E-state index in [1.54, 1.807) is 46.6 Å². The lowest BCUT2D eigenvalue weighted by Gasteiger charge is -2.41. The quantitative estimate of drug-likeness (QED) is 0.0668. The van der Waals surface area contributed by atoms with Crippen LogP contribution in [0.5, 0.6) is 5.75 Å². The number of nitriles is 1. The molecule has 2 aromatic heterocycles. The van der Waals surface area contributed by atoms with Gasteiger partial charge in [0.25, 0.3) is 0 Å². The molecule has 0 radical (unpaired) electrons. The van der Waals surface area contributed by atoms with Crippen LogP contribution in [0.15, 0.2) is 90.9 Å². The number of nitrogen functional groups attached to an aromatic ring is 1. The van der Waals surface area contributed by atoms with Crippen molar-refractivity contribution >= 4 is 41.0 Å². The Morgan fingerprint density at radius 3 is 2.49 bits per heavy atom. The van der Waals surface area contributed by atoms with Crippen LogP contribution in [0.25, 0.3) is 11.1 Å². The summed E-state index contributed by atoms with van der Waals surface area (Å²) in [5.74, 6) is -0.866. The average Bonchev–Trinajstić information content (AvgIpc) is 1.54. The lowest BCUT2D eigenvalue weighted by molar-refractivity contribution is -0.147. The lowest BCUT2D eigenvalue weighted by atomic mass is 9.83. The Kier molecular flexibility index (Phi) is 20.4. The van der Waals surface area contributed by atoms with Gasteiger partial charge in [0.1, 0.15) is 47.8 Å². The summed E-state index contributed by atoms with van der Waals surface area (Å²) in [6, 6.07) is 15.4. The van der Waals surface area contributed by atoms with E-state index in [2.05, 4.69) is 50.6 Å². The first-order valence-corrected chi connectivity index (χ1v) is 30.2. The van der Waals surface area contributed by atoms with Crippen LogP contribution in [-0.4, -0.2) is 149 Å². The van der Waals surface area contributed by atoms with E-state index >= 15 is 4.39 Å². The van der Waals surface area contributed by atoms with E-state index in [-0.39, 0.29) is 138 Å². The Hall–Kier alpha value is -7.93. The molecule has 0 spiro atoms. The molecule has 20 nitrogen and oxygen atoms in total. The molecule has 4 aromatic rings. The summed E-state index contributed by atoms with van der Waals surface area (Å²) < 4.78 is 34.5. The molecule has 2 aromatic carbocycles. The van der Waals surface area contributed by atoms with Gasteiger partial charge in [-0.3, -0.25) is 28.7 Å². The SMILES string of the molecule is C=C1/C=C(F)\C=C/CC(=O)N(C2CC2)Cc2nn(CCN(C)C(=O)CCOCCOCCOc3ccc4c(c3)CN(C(=O)[C@@H](NC(=O)[C@H](C)NC)C(C)(C)C)[C@H](C(=O)N[C@@H]3CCCc5ccccc53)C4)c(C#N)c2-c2cnc(N)c(c2)N2CCC[C@H]12. The van der Waals surface area contributed by atoms with Gasteiger partial charge in [0.05, 0.1) is 75.4 Å². The fourth-order valence-electron chi connectivity index (χ4n) is 11.9. The molecule has 5 heterocycles. The normalized spacial score (nSPS) is 20.5. The number of allylic oxidation sites excluding steroid dienone is 2. The van der Waals surface area contributed by atoms with E-state index in [1.807, 2.05) is 57.2 Å². The molecule has 2 aliphatic carbocycles. The number of carbonyl (C=O) groups is 5. The Morgan fingerprint density at radius 2 is 1.73 bits per heavy atom. The van der Waals surface area contributed by atoms with Crippen molar-refractivity contribution in [3.8, 4) is 22.9 Å². The van der Waals surface area contributed by atoms with Crippen molar-refractivity contribution in [2.24, 2.45) is 5.41 Å². The molecule has 5 amide bonds. The number of fused-ring (bicyclic) bond motifs is 8. The van der Waals surface area contributed by atoms with Crippen molar-refractivity contribution in [1.82, 2.24) is 45.4 Å². The van der Waals surface area contributed by atoms with Gasteiger partial charge in [-0.2, -0.15) is 10.4 Å². The molecule has 86 heavy (non-hydrogen) atoms. The van der Waals surface area contributed by atoms with E-state index < -0.39 is 29.4 Å². The summed E-state index contributed by atoms with van der Waals surface area (Å²) >= 11 is 0. The Balaban J connectivity index is 0.771. The summed E-state index contributed by atoms with van der Waals surface area (Å²) in [6.07, 6.45) is 12.1. The highest BCUT2D eigenvalue weighted by molar-refractivity contribution is 5.94. The highest BCUT2D eigenvalue weighted by Gasteiger charge is 2.43. The number of nitrogens with one attached hydrogen (secondary N) is 3. The van der Waals surface area contributed by atoms with E-state index in [0.717, 1.165) is 61.6 Å². The maximum absolute atomic E-state index is 15.2. The van der Waals surface area contributed by atoms with Crippen molar-refractivity contribution in [3.05, 3.63) is 125 Å². The largest absolute Gasteiger partial charge is 0.491 e. The van der Waals surface area contributed by atoms with E-state index in [4.69, 9.17) is 25.0 Å². The summed E-state index contributed by atoms with van der Waals surface area (Å²) in [6.45, 7) is 14.1. The second-order valence-corrected chi connectivity index (χ2v) is 24.2. The van der Waals surface area contributed by atoms with Gasteiger partial charge in [0.2, 0.25) is 29.5 Å². The maximum Gasteiger partial charge on any atom is 0.246 e. The minimum absolute atomic E-state index is 0.00935. The highest BCUT2D eigenvalue weighted by Crippen LogP contribution is 2.40. The molecule has 5 aliphatic rings. The number of benzene rings is 2. The van der Waals surface area contributed by atoms with Crippen LogP contribution in [-0.2, 0) is 65.9 Å². The molecule has 5 N–H and O–H groups in total. The summed E-state index contributed by atoms with van der Waals surface area (Å²) in [4.78, 5) is 81.1. The van der Waals surface area contributed by atoms with Gasteiger partial charge >= 0.3 is 0 Å². The number of likely N-dealkylation sites (N-methyl/N-ethyl adjacent to an activating group) is 2. The van der Waals surface area contributed by atoms with E-state index in [9.17, 15) is 29.2 Å². The van der Waals surface area contributed by atoms with Crippen LogP contribution in [0, 0.1) is 16.7 Å². The lowest BCUT2D eigenvalue weighted by Crippen LogP contribution is -2.62. The second-order valence-electron chi connectivity index (χ2n) is 24.2. The molecule has 21 heteroatoms. The Morgan fingerprint density at radius 1 is 0.965 bits per heavy atom. The number of carbonyl (C=O) groups excluding carboxylic acids is 5. The van der Waals surface area contributed by atoms with Gasteiger partial charge in [0, 0.05) is 62.9 Å². The van der Waals surface area contributed by atoms with Crippen molar-refractivity contribution in [2.45, 2.75) is 148 Å². The predicted octanol–water partition coefficient (Wildman–Crippen LogP) is 6.77. The molecule has 0 unspecified atom stereocenters. The topological polar surface area (TPSA) is 243 Å². The second kappa shape index (κ2) is 28.1. The molecule has 5 atom stereocenters. The Bertz CT molecular complexity index is 3270. The number of hydrogen-bond acceptors (Lipinski definition) is 14. The van der Waals surface area contributed by atoms with Crippen LogP contribution in [0.1, 0.15) is 119 Å². The molecular weight excluding hydrogens is 1100 g/mol. The van der Waals surface area contributed by atoms with Crippen LogP contribution in [0.4, 0.5) is 15.9 Å². The molecule has 3 aliphatic heterocycles. The highest BCUT2D eigenvalue weighted by atomic mass is 19.1. The number of rotatable bonds is 20. The van der Waals surface area contributed by atoms with Crippen molar-refractivity contribution in [3.63, 3.8) is 0 Å². The first-order valence-electron chi connectivity index (χ1n) is 30.2. The molecule has 2 bridgehead atoms. The van der Waals surface area contributed by atoms with Crippen LogP contribution in [0.2, 0.25) is 0 Å². The number of aromatic nitrogens is 3. The van der Waals surface area contributed by atoms with Crippen LogP contribution in [0.3, 0.4) is 0 Å². The Labute approximate surface area is 503 Å². The third kappa shape index (κ3) is 15.0. The number of halogens is 1. The zero-order chi connectivity index (χ0) is 61.2. The van der Waals surface area contributed by atoms with E-state index in [0.29, 0.717) is 40.4 Å². The standard InChI is InChI=1S/C65H83FN12O8/c1-41-33-47(66)15-11-19-58(80)76(48-21-22-48)40-52-59(45-36-54(61(68)70-38-45)75-25-12-18-53(41)75)56(37-67)78(73-52)27-26-74(7)57(79)24-28-84-29-30-85-31-32-86-49-23-20-44-35-55(63(82)71-51-17-10-14-43-13-8-9-16-50(43)51)77(39-46(44)34-49)64(83)60(65(3,4)5)72-62(81)42(2)69-6/h8-9,11,13,15-16,20,23,33-34,36,38,42,48,51,53,55,60,69H,1,10,12,14,17-19,21-22,24-32,35,39-40H2,2-7H3,(H2,68,70)(H,71,82)(H,72,81)/b15-11-,47-33+/t42-,51+,53+,55-,60+/m0/s1. The summed E-state index contributed by atoms with van der Waals surface area (Å²) in [5.41, 5.74) is 13.0. The van der Waals surface area contributed by atoms with Crippen molar-refractivity contribution in [2.75, 3.05) is 70.9 Å². The molecule has 458 valence electrons. The molecular formula is C65H83FN12O8. The number of anilines is 2.